The van der Waals surface area contributed by atoms with Crippen LogP contribution in [0.1, 0.15) is 46.8 Å². The molecule has 0 spiro atoms. The fraction of sp³-hybridized carbons (Fsp3) is 0.296. The maximum atomic E-state index is 13.1. The van der Waals surface area contributed by atoms with Crippen LogP contribution in [0.15, 0.2) is 65.5 Å². The summed E-state index contributed by atoms with van der Waals surface area (Å²) in [6.45, 7) is 5.85. The monoisotopic (exact) mass is 491 g/mol. The summed E-state index contributed by atoms with van der Waals surface area (Å²) < 4.78 is 0. The van der Waals surface area contributed by atoms with Crippen molar-refractivity contribution < 1.29 is 4.79 Å². The van der Waals surface area contributed by atoms with Gasteiger partial charge in [-0.1, -0.05) is 60.7 Å². The van der Waals surface area contributed by atoms with E-state index < -0.39 is 0 Å². The van der Waals surface area contributed by atoms with Crippen LogP contribution < -0.4 is 10.9 Å². The molecule has 4 aromatic rings. The number of thiophene rings is 1. The molecule has 7 heteroatoms. The molecule has 2 N–H and O–H groups in total. The molecular weight excluding hydrogens is 462 g/mol. The zero-order valence-corrected chi connectivity index (χ0v) is 21.3. The van der Waals surface area contributed by atoms with Crippen molar-refractivity contribution >= 4 is 39.2 Å². The average Bonchev–Trinajstić information content (AvgIpc) is 3.14. The van der Waals surface area contributed by atoms with Gasteiger partial charge in [0.2, 0.25) is 5.91 Å². The minimum atomic E-state index is -0.282. The predicted molar refractivity (Wildman–Crippen MR) is 143 cm³/mol. The van der Waals surface area contributed by atoms with E-state index in [0.29, 0.717) is 17.0 Å². The van der Waals surface area contributed by atoms with Crippen LogP contribution in [0.3, 0.4) is 0 Å². The van der Waals surface area contributed by atoms with Crippen LogP contribution in [0.4, 0.5) is 0 Å². The van der Waals surface area contributed by atoms with E-state index in [-0.39, 0.29) is 22.8 Å². The maximum absolute atomic E-state index is 13.1. The lowest BCUT2D eigenvalue weighted by Crippen LogP contribution is -2.34. The number of carbonyl (C=O) groups excluding carboxylic acids is 1. The minimum absolute atomic E-state index is 0.0156. The SMILES string of the molecule is Cc1sc2nc(CSC(C)C(=O)NC(CCc3ccccc3)c3ccccc3)[nH]c(=O)c2c1C. The van der Waals surface area contributed by atoms with Crippen molar-refractivity contribution in [3.8, 4) is 0 Å². The highest BCUT2D eigenvalue weighted by Gasteiger charge is 2.20. The maximum Gasteiger partial charge on any atom is 0.259 e. The number of aryl methyl sites for hydroxylation is 3. The molecule has 0 aliphatic heterocycles. The molecule has 4 rings (SSSR count). The zero-order valence-electron chi connectivity index (χ0n) is 19.6. The molecule has 0 aliphatic carbocycles. The summed E-state index contributed by atoms with van der Waals surface area (Å²) in [6.07, 6.45) is 1.70. The van der Waals surface area contributed by atoms with Crippen LogP contribution in [0.2, 0.25) is 0 Å². The number of fused-ring (bicyclic) bond motifs is 1. The van der Waals surface area contributed by atoms with Gasteiger partial charge in [0.1, 0.15) is 10.7 Å². The Bertz CT molecular complexity index is 1320. The number of hydrogen-bond acceptors (Lipinski definition) is 5. The largest absolute Gasteiger partial charge is 0.348 e. The van der Waals surface area contributed by atoms with E-state index >= 15 is 0 Å². The number of nitrogens with one attached hydrogen (secondary N) is 2. The van der Waals surface area contributed by atoms with Crippen LogP contribution in [0.25, 0.3) is 10.2 Å². The molecule has 0 radical (unpaired) electrons. The molecule has 5 nitrogen and oxygen atoms in total. The molecule has 0 aliphatic rings. The van der Waals surface area contributed by atoms with E-state index in [4.69, 9.17) is 0 Å². The Morgan fingerprint density at radius 3 is 2.47 bits per heavy atom. The van der Waals surface area contributed by atoms with Gasteiger partial charge in [0, 0.05) is 4.88 Å². The molecule has 0 fully saturated rings. The molecule has 176 valence electrons. The van der Waals surface area contributed by atoms with Gasteiger partial charge in [-0.3, -0.25) is 9.59 Å². The number of benzene rings is 2. The molecule has 0 saturated carbocycles. The molecule has 2 aromatic heterocycles. The van der Waals surface area contributed by atoms with E-state index in [0.717, 1.165) is 33.7 Å². The minimum Gasteiger partial charge on any atom is -0.348 e. The Morgan fingerprint density at radius 1 is 1.09 bits per heavy atom. The van der Waals surface area contributed by atoms with Crippen LogP contribution in [0.5, 0.6) is 0 Å². The summed E-state index contributed by atoms with van der Waals surface area (Å²) in [7, 11) is 0. The van der Waals surface area contributed by atoms with Crippen molar-refractivity contribution in [2.45, 2.75) is 50.7 Å². The molecule has 0 bridgehead atoms. The van der Waals surface area contributed by atoms with Gasteiger partial charge in [-0.2, -0.15) is 0 Å². The summed E-state index contributed by atoms with van der Waals surface area (Å²) in [4.78, 5) is 35.0. The first kappa shape index (κ1) is 24.2. The summed E-state index contributed by atoms with van der Waals surface area (Å²) >= 11 is 3.02. The van der Waals surface area contributed by atoms with Gasteiger partial charge in [-0.25, -0.2) is 4.98 Å². The summed E-state index contributed by atoms with van der Waals surface area (Å²) in [5.74, 6) is 1.06. The number of aromatic nitrogens is 2. The number of nitrogens with zero attached hydrogens (tertiary/aromatic N) is 1. The van der Waals surface area contributed by atoms with Crippen molar-refractivity contribution in [2.75, 3.05) is 0 Å². The number of carbonyl (C=O) groups is 1. The van der Waals surface area contributed by atoms with Gasteiger partial charge >= 0.3 is 0 Å². The topological polar surface area (TPSA) is 74.8 Å². The molecule has 2 heterocycles. The van der Waals surface area contributed by atoms with E-state index in [1.165, 1.54) is 28.7 Å². The van der Waals surface area contributed by atoms with Gasteiger partial charge in [0.25, 0.3) is 5.56 Å². The normalized spacial score (nSPS) is 13.0. The summed E-state index contributed by atoms with van der Waals surface area (Å²) in [5.41, 5.74) is 3.24. The Balaban J connectivity index is 1.41. The fourth-order valence-electron chi connectivity index (χ4n) is 3.90. The highest BCUT2D eigenvalue weighted by Crippen LogP contribution is 2.27. The van der Waals surface area contributed by atoms with Gasteiger partial charge in [0.15, 0.2) is 0 Å². The Labute approximate surface area is 208 Å². The van der Waals surface area contributed by atoms with Crippen molar-refractivity contribution in [3.05, 3.63) is 98.4 Å². The first-order valence-corrected chi connectivity index (χ1v) is 13.3. The number of H-pyrrole nitrogens is 1. The second-order valence-electron chi connectivity index (χ2n) is 8.43. The first-order valence-electron chi connectivity index (χ1n) is 11.4. The number of amides is 1. The van der Waals surface area contributed by atoms with Gasteiger partial charge in [-0.05, 0) is 50.3 Å². The first-order chi connectivity index (χ1) is 16.4. The lowest BCUT2D eigenvalue weighted by Gasteiger charge is -2.21. The van der Waals surface area contributed by atoms with Crippen molar-refractivity contribution in [3.63, 3.8) is 0 Å². The van der Waals surface area contributed by atoms with Crippen LogP contribution >= 0.6 is 23.1 Å². The quantitative estimate of drug-likeness (QED) is 0.314. The second kappa shape index (κ2) is 11.0. The smallest absolute Gasteiger partial charge is 0.259 e. The Kier molecular flexibility index (Phi) is 7.85. The number of aromatic amines is 1. The van der Waals surface area contributed by atoms with E-state index in [1.54, 1.807) is 0 Å². The fourth-order valence-corrected chi connectivity index (χ4v) is 5.71. The molecule has 2 atom stereocenters. The van der Waals surface area contributed by atoms with E-state index in [1.807, 2.05) is 57.2 Å². The van der Waals surface area contributed by atoms with E-state index in [2.05, 4.69) is 39.6 Å². The summed E-state index contributed by atoms with van der Waals surface area (Å²) in [5, 5.41) is 3.63. The van der Waals surface area contributed by atoms with Crippen LogP contribution in [-0.4, -0.2) is 21.1 Å². The molecule has 0 saturated heterocycles. The highest BCUT2D eigenvalue weighted by molar-refractivity contribution is 7.99. The average molecular weight is 492 g/mol. The third-order valence-corrected chi connectivity index (χ3v) is 8.27. The van der Waals surface area contributed by atoms with Crippen molar-refractivity contribution in [2.24, 2.45) is 0 Å². The van der Waals surface area contributed by atoms with Gasteiger partial charge < -0.3 is 10.3 Å². The third kappa shape index (κ3) is 5.77. The van der Waals surface area contributed by atoms with E-state index in [9.17, 15) is 9.59 Å². The Morgan fingerprint density at radius 2 is 1.76 bits per heavy atom. The van der Waals surface area contributed by atoms with Gasteiger partial charge in [-0.15, -0.1) is 23.1 Å². The molecule has 2 unspecified atom stereocenters. The number of thioether (sulfide) groups is 1. The molecule has 1 amide bonds. The summed E-state index contributed by atoms with van der Waals surface area (Å²) in [6, 6.07) is 20.4. The van der Waals surface area contributed by atoms with Crippen LogP contribution in [0, 0.1) is 13.8 Å². The van der Waals surface area contributed by atoms with Crippen LogP contribution in [-0.2, 0) is 17.0 Å². The number of rotatable bonds is 9. The predicted octanol–water partition coefficient (Wildman–Crippen LogP) is 5.71. The zero-order chi connectivity index (χ0) is 24.1. The third-order valence-electron chi connectivity index (χ3n) is 6.01. The van der Waals surface area contributed by atoms with Crippen molar-refractivity contribution in [1.29, 1.82) is 0 Å². The standard InChI is InChI=1S/C27H29N3O2S2/c1-17-18(2)34-27-24(17)26(32)29-23(30-27)16-33-19(3)25(31)28-22(21-12-8-5-9-13-21)15-14-20-10-6-4-7-11-20/h4-13,19,22H,14-16H2,1-3H3,(H,28,31)(H,29,30,32). The lowest BCUT2D eigenvalue weighted by atomic mass is 9.99. The van der Waals surface area contributed by atoms with Crippen molar-refractivity contribution in [1.82, 2.24) is 15.3 Å². The lowest BCUT2D eigenvalue weighted by molar-refractivity contribution is -0.121. The molecular formula is C27H29N3O2S2. The second-order valence-corrected chi connectivity index (χ2v) is 11.0. The number of hydrogen-bond donors (Lipinski definition) is 2. The molecule has 34 heavy (non-hydrogen) atoms. The Hall–Kier alpha value is -2.90. The highest BCUT2D eigenvalue weighted by atomic mass is 32.2. The van der Waals surface area contributed by atoms with Gasteiger partial charge in [0.05, 0.1) is 22.4 Å². The molecule has 2 aromatic carbocycles.